The van der Waals surface area contributed by atoms with Gasteiger partial charge in [0.05, 0.1) is 11.0 Å². The summed E-state index contributed by atoms with van der Waals surface area (Å²) >= 11 is 0. The number of rotatable bonds is 4. The van der Waals surface area contributed by atoms with E-state index in [-0.39, 0.29) is 5.69 Å². The molecule has 0 aliphatic carbocycles. The molecule has 0 bridgehead atoms. The molecule has 0 saturated heterocycles. The number of hydrogen-bond acceptors (Lipinski definition) is 4. The summed E-state index contributed by atoms with van der Waals surface area (Å²) in [5.41, 5.74) is 0.463. The molecule has 1 N–H and O–H groups in total. The van der Waals surface area contributed by atoms with E-state index in [1.807, 2.05) is 0 Å². The predicted octanol–water partition coefficient (Wildman–Crippen LogP) is 1.46. The smallest absolute Gasteiger partial charge is 0.269 e. The van der Waals surface area contributed by atoms with Crippen molar-refractivity contribution in [1.82, 2.24) is 0 Å². The minimum Gasteiger partial charge on any atom is -0.388 e. The molecular formula is C10H11NO4. The van der Waals surface area contributed by atoms with E-state index in [0.717, 1.165) is 0 Å². The first-order valence-electron chi connectivity index (χ1n) is 4.44. The van der Waals surface area contributed by atoms with Gasteiger partial charge >= 0.3 is 0 Å². The molecule has 0 fully saturated rings. The summed E-state index contributed by atoms with van der Waals surface area (Å²) in [5, 5.41) is 20.0. The number of aldehydes is 1. The Morgan fingerprint density at radius 2 is 1.93 bits per heavy atom. The molecule has 1 aromatic rings. The predicted molar refractivity (Wildman–Crippen MR) is 53.3 cm³/mol. The first-order chi connectivity index (χ1) is 7.06. The van der Waals surface area contributed by atoms with Crippen LogP contribution in [0.5, 0.6) is 0 Å². The van der Waals surface area contributed by atoms with Crippen LogP contribution >= 0.6 is 0 Å². The molecule has 0 amide bonds. The van der Waals surface area contributed by atoms with Gasteiger partial charge in [-0.1, -0.05) is 6.92 Å². The molecule has 1 aromatic carbocycles. The number of hydrogen-bond donors (Lipinski definition) is 1. The molecule has 80 valence electrons. The van der Waals surface area contributed by atoms with Crippen LogP contribution in [0.15, 0.2) is 24.3 Å². The van der Waals surface area contributed by atoms with Crippen LogP contribution in [-0.4, -0.2) is 16.3 Å². The quantitative estimate of drug-likeness (QED) is 0.462. The Bertz CT molecular complexity index is 360. The largest absolute Gasteiger partial charge is 0.388 e. The van der Waals surface area contributed by atoms with Crippen molar-refractivity contribution in [3.8, 4) is 0 Å². The van der Waals surface area contributed by atoms with Crippen LogP contribution in [0, 0.1) is 16.0 Å². The van der Waals surface area contributed by atoms with E-state index in [1.54, 1.807) is 6.92 Å². The summed E-state index contributed by atoms with van der Waals surface area (Å²) < 4.78 is 0. The Morgan fingerprint density at radius 3 is 2.33 bits per heavy atom. The number of nitrogens with zero attached hydrogens (tertiary/aromatic N) is 1. The second-order valence-electron chi connectivity index (χ2n) is 3.29. The van der Waals surface area contributed by atoms with E-state index in [4.69, 9.17) is 0 Å². The SMILES string of the molecule is C[C@H](C=O)[C@H](O)c1ccc([N+](=O)[O-])cc1. The van der Waals surface area contributed by atoms with Gasteiger partial charge in [-0.15, -0.1) is 0 Å². The highest BCUT2D eigenvalue weighted by molar-refractivity contribution is 5.54. The molecule has 1 rings (SSSR count). The van der Waals surface area contributed by atoms with E-state index in [9.17, 15) is 20.0 Å². The van der Waals surface area contributed by atoms with E-state index < -0.39 is 16.9 Å². The third-order valence-corrected chi connectivity index (χ3v) is 2.16. The number of benzene rings is 1. The lowest BCUT2D eigenvalue weighted by atomic mass is 9.99. The van der Waals surface area contributed by atoms with Gasteiger partial charge in [0.25, 0.3) is 5.69 Å². The minimum atomic E-state index is -0.914. The second kappa shape index (κ2) is 4.65. The Morgan fingerprint density at radius 1 is 1.40 bits per heavy atom. The van der Waals surface area contributed by atoms with Gasteiger partial charge in [0, 0.05) is 18.1 Å². The van der Waals surface area contributed by atoms with E-state index >= 15 is 0 Å². The van der Waals surface area contributed by atoms with Crippen molar-refractivity contribution in [3.05, 3.63) is 39.9 Å². The maximum Gasteiger partial charge on any atom is 0.269 e. The van der Waals surface area contributed by atoms with Gasteiger partial charge in [0.15, 0.2) is 0 Å². The number of carbonyl (C=O) groups excluding carboxylic acids is 1. The van der Waals surface area contributed by atoms with Gasteiger partial charge in [-0.05, 0) is 17.7 Å². The van der Waals surface area contributed by atoms with Crippen molar-refractivity contribution in [3.63, 3.8) is 0 Å². The van der Waals surface area contributed by atoms with Crippen molar-refractivity contribution >= 4 is 12.0 Å². The molecule has 0 aromatic heterocycles. The van der Waals surface area contributed by atoms with Crippen LogP contribution < -0.4 is 0 Å². The van der Waals surface area contributed by atoms with Crippen LogP contribution in [0.2, 0.25) is 0 Å². The van der Waals surface area contributed by atoms with Gasteiger partial charge in [-0.2, -0.15) is 0 Å². The fourth-order valence-corrected chi connectivity index (χ4v) is 1.17. The van der Waals surface area contributed by atoms with Gasteiger partial charge < -0.3 is 9.90 Å². The number of nitro groups is 1. The maximum absolute atomic E-state index is 10.4. The number of non-ortho nitro benzene ring substituents is 1. The maximum atomic E-state index is 10.4. The topological polar surface area (TPSA) is 80.4 Å². The monoisotopic (exact) mass is 209 g/mol. The van der Waals surface area contributed by atoms with E-state index in [0.29, 0.717) is 11.8 Å². The van der Waals surface area contributed by atoms with Crippen LogP contribution in [-0.2, 0) is 4.79 Å². The zero-order chi connectivity index (χ0) is 11.4. The van der Waals surface area contributed by atoms with Crippen molar-refractivity contribution in [2.75, 3.05) is 0 Å². The van der Waals surface area contributed by atoms with Crippen molar-refractivity contribution in [2.45, 2.75) is 13.0 Å². The molecule has 15 heavy (non-hydrogen) atoms. The molecule has 5 heteroatoms. The highest BCUT2D eigenvalue weighted by Gasteiger charge is 2.16. The van der Waals surface area contributed by atoms with Gasteiger partial charge in [0.1, 0.15) is 6.29 Å². The van der Waals surface area contributed by atoms with Crippen LogP contribution in [0.3, 0.4) is 0 Å². The first kappa shape index (κ1) is 11.3. The van der Waals surface area contributed by atoms with Crippen LogP contribution in [0.1, 0.15) is 18.6 Å². The lowest BCUT2D eigenvalue weighted by Crippen LogP contribution is -2.10. The normalized spacial score (nSPS) is 14.3. The zero-order valence-electron chi connectivity index (χ0n) is 8.16. The molecule has 0 unspecified atom stereocenters. The third kappa shape index (κ3) is 2.60. The molecular weight excluding hydrogens is 198 g/mol. The molecule has 0 heterocycles. The Hall–Kier alpha value is -1.75. The van der Waals surface area contributed by atoms with Crippen LogP contribution in [0.4, 0.5) is 5.69 Å². The molecule has 5 nitrogen and oxygen atoms in total. The summed E-state index contributed by atoms with van der Waals surface area (Å²) in [6, 6.07) is 5.50. The lowest BCUT2D eigenvalue weighted by Gasteiger charge is -2.12. The molecule has 0 saturated carbocycles. The van der Waals surface area contributed by atoms with E-state index in [2.05, 4.69) is 0 Å². The molecule has 0 spiro atoms. The molecule has 0 aliphatic heterocycles. The second-order valence-corrected chi connectivity index (χ2v) is 3.29. The standard InChI is InChI=1S/C10H11NO4/c1-7(6-12)10(13)8-2-4-9(5-3-8)11(14)15/h2-7,10,13H,1H3/t7-,10+/m1/s1. The zero-order valence-corrected chi connectivity index (χ0v) is 8.16. The lowest BCUT2D eigenvalue weighted by molar-refractivity contribution is -0.384. The summed E-state index contributed by atoms with van der Waals surface area (Å²) in [6.07, 6.45) is -0.269. The average Bonchev–Trinajstić information content (AvgIpc) is 2.27. The van der Waals surface area contributed by atoms with Gasteiger partial charge in [-0.25, -0.2) is 0 Å². The van der Waals surface area contributed by atoms with Crippen LogP contribution in [0.25, 0.3) is 0 Å². The number of carbonyl (C=O) groups is 1. The molecule has 0 radical (unpaired) electrons. The Balaban J connectivity index is 2.88. The van der Waals surface area contributed by atoms with Crippen molar-refractivity contribution in [2.24, 2.45) is 5.92 Å². The fraction of sp³-hybridized carbons (Fsp3) is 0.300. The molecule has 0 aliphatic rings. The minimum absolute atomic E-state index is 0.0373. The number of nitro benzene ring substituents is 1. The van der Waals surface area contributed by atoms with Crippen molar-refractivity contribution < 1.29 is 14.8 Å². The Labute approximate surface area is 86.5 Å². The Kier molecular flexibility index (Phi) is 3.51. The molecule has 2 atom stereocenters. The summed E-state index contributed by atoms with van der Waals surface area (Å²) in [4.78, 5) is 20.3. The number of aliphatic hydroxyl groups is 1. The highest BCUT2D eigenvalue weighted by atomic mass is 16.6. The summed E-state index contributed by atoms with van der Waals surface area (Å²) in [5.74, 6) is -0.522. The van der Waals surface area contributed by atoms with E-state index in [1.165, 1.54) is 24.3 Å². The fourth-order valence-electron chi connectivity index (χ4n) is 1.17. The third-order valence-electron chi connectivity index (χ3n) is 2.16. The summed E-state index contributed by atoms with van der Waals surface area (Å²) in [7, 11) is 0. The highest BCUT2D eigenvalue weighted by Crippen LogP contribution is 2.22. The average molecular weight is 209 g/mol. The van der Waals surface area contributed by atoms with Gasteiger partial charge in [0.2, 0.25) is 0 Å². The first-order valence-corrected chi connectivity index (χ1v) is 4.44. The van der Waals surface area contributed by atoms with Crippen molar-refractivity contribution in [1.29, 1.82) is 0 Å². The van der Waals surface area contributed by atoms with Gasteiger partial charge in [-0.3, -0.25) is 10.1 Å². The number of aliphatic hydroxyl groups excluding tert-OH is 1. The summed E-state index contributed by atoms with van der Waals surface area (Å²) in [6.45, 7) is 1.58.